The molecule has 150 valence electrons. The molecule has 0 radical (unpaired) electrons. The number of carbonyl (C=O) groups excluding carboxylic acids is 1. The van der Waals surface area contributed by atoms with E-state index in [9.17, 15) is 14.7 Å². The van der Waals surface area contributed by atoms with Gasteiger partial charge in [0.2, 0.25) is 5.76 Å². The van der Waals surface area contributed by atoms with Crippen LogP contribution in [0.25, 0.3) is 11.0 Å². The molecule has 0 saturated heterocycles. The third-order valence-electron chi connectivity index (χ3n) is 5.26. The maximum Gasteiger partial charge on any atom is 0.290 e. The SMILES string of the molecule is CCOc1ccc(C2c3c(oc4cc(C)cc(C)c4c3=O)C(=O)N2CCO)cc1. The Morgan fingerprint density at radius 1 is 1.14 bits per heavy atom. The third-order valence-corrected chi connectivity index (χ3v) is 5.26. The van der Waals surface area contributed by atoms with Crippen LogP contribution in [-0.4, -0.2) is 35.7 Å². The van der Waals surface area contributed by atoms with Gasteiger partial charge in [-0.05, 0) is 55.7 Å². The van der Waals surface area contributed by atoms with Crippen molar-refractivity contribution in [2.75, 3.05) is 19.8 Å². The highest BCUT2D eigenvalue weighted by Gasteiger charge is 2.42. The van der Waals surface area contributed by atoms with Gasteiger partial charge in [-0.2, -0.15) is 0 Å². The Kier molecular flexibility index (Phi) is 4.88. The Bertz CT molecular complexity index is 1150. The van der Waals surface area contributed by atoms with Crippen molar-refractivity contribution in [1.82, 2.24) is 4.90 Å². The summed E-state index contributed by atoms with van der Waals surface area (Å²) in [5.74, 6) is 0.386. The van der Waals surface area contributed by atoms with Crippen LogP contribution in [0.15, 0.2) is 45.6 Å². The van der Waals surface area contributed by atoms with Crippen LogP contribution >= 0.6 is 0 Å². The maximum absolute atomic E-state index is 13.5. The van der Waals surface area contributed by atoms with E-state index >= 15 is 0 Å². The van der Waals surface area contributed by atoms with Crippen LogP contribution in [0.2, 0.25) is 0 Å². The van der Waals surface area contributed by atoms with Gasteiger partial charge in [-0.3, -0.25) is 9.59 Å². The zero-order valence-corrected chi connectivity index (χ0v) is 16.7. The molecule has 0 saturated carbocycles. The van der Waals surface area contributed by atoms with E-state index in [1.165, 1.54) is 4.90 Å². The largest absolute Gasteiger partial charge is 0.494 e. The van der Waals surface area contributed by atoms with Crippen LogP contribution in [0.3, 0.4) is 0 Å². The second kappa shape index (κ2) is 7.37. The van der Waals surface area contributed by atoms with Crippen molar-refractivity contribution < 1.29 is 19.1 Å². The monoisotopic (exact) mass is 393 g/mol. The zero-order chi connectivity index (χ0) is 20.7. The van der Waals surface area contributed by atoms with E-state index in [1.807, 2.05) is 51.1 Å². The fraction of sp³-hybridized carbons (Fsp3) is 0.304. The molecule has 1 amide bonds. The maximum atomic E-state index is 13.5. The second-order valence-electron chi connectivity index (χ2n) is 7.26. The van der Waals surface area contributed by atoms with Crippen molar-refractivity contribution >= 4 is 16.9 Å². The minimum absolute atomic E-state index is 0.0554. The van der Waals surface area contributed by atoms with Crippen molar-refractivity contribution in [2.24, 2.45) is 0 Å². The Hall–Kier alpha value is -3.12. The van der Waals surface area contributed by atoms with Gasteiger partial charge in [-0.25, -0.2) is 0 Å². The molecule has 3 aromatic rings. The number of hydrogen-bond donors (Lipinski definition) is 1. The first-order chi connectivity index (χ1) is 14.0. The van der Waals surface area contributed by atoms with Crippen LogP contribution in [0, 0.1) is 13.8 Å². The molecule has 1 aromatic heterocycles. The van der Waals surface area contributed by atoms with Crippen molar-refractivity contribution in [2.45, 2.75) is 26.8 Å². The van der Waals surface area contributed by atoms with Crippen LogP contribution < -0.4 is 10.2 Å². The van der Waals surface area contributed by atoms with E-state index < -0.39 is 6.04 Å². The number of carbonyl (C=O) groups is 1. The number of aliphatic hydroxyl groups excluding tert-OH is 1. The lowest BCUT2D eigenvalue weighted by atomic mass is 9.97. The molecule has 0 aliphatic carbocycles. The van der Waals surface area contributed by atoms with E-state index in [0.717, 1.165) is 16.7 Å². The summed E-state index contributed by atoms with van der Waals surface area (Å²) in [6.45, 7) is 6.14. The molecule has 1 unspecified atom stereocenters. The average molecular weight is 393 g/mol. The number of β-amino-alcohol motifs (C(OH)–C–C–N with tert-alkyl or cyclic N) is 1. The fourth-order valence-electron chi connectivity index (χ4n) is 4.11. The zero-order valence-electron chi connectivity index (χ0n) is 16.7. The van der Waals surface area contributed by atoms with Crippen molar-refractivity contribution in [3.05, 3.63) is 74.6 Å². The summed E-state index contributed by atoms with van der Waals surface area (Å²) in [5, 5.41) is 10.0. The van der Waals surface area contributed by atoms with Crippen LogP contribution in [-0.2, 0) is 0 Å². The predicted octanol–water partition coefficient (Wildman–Crippen LogP) is 3.35. The fourth-order valence-corrected chi connectivity index (χ4v) is 4.11. The van der Waals surface area contributed by atoms with Gasteiger partial charge in [0.1, 0.15) is 11.3 Å². The molecule has 29 heavy (non-hydrogen) atoms. The molecule has 0 bridgehead atoms. The molecule has 0 spiro atoms. The van der Waals surface area contributed by atoms with E-state index in [4.69, 9.17) is 9.15 Å². The number of benzene rings is 2. The molecule has 6 nitrogen and oxygen atoms in total. The summed E-state index contributed by atoms with van der Waals surface area (Å²) in [7, 11) is 0. The molecule has 1 N–H and O–H groups in total. The lowest BCUT2D eigenvalue weighted by Crippen LogP contribution is -2.32. The van der Waals surface area contributed by atoms with Gasteiger partial charge in [-0.1, -0.05) is 18.2 Å². The molecule has 2 aromatic carbocycles. The number of fused-ring (bicyclic) bond motifs is 2. The molecule has 1 aliphatic rings. The van der Waals surface area contributed by atoms with E-state index in [0.29, 0.717) is 28.9 Å². The third kappa shape index (κ3) is 3.09. The number of aryl methyl sites for hydroxylation is 2. The molecular formula is C23H23NO5. The first kappa shape index (κ1) is 19.2. The number of hydrogen-bond acceptors (Lipinski definition) is 5. The smallest absolute Gasteiger partial charge is 0.290 e. The first-order valence-electron chi connectivity index (χ1n) is 9.68. The molecular weight excluding hydrogens is 370 g/mol. The van der Waals surface area contributed by atoms with Gasteiger partial charge < -0.3 is 19.2 Å². The highest BCUT2D eigenvalue weighted by atomic mass is 16.5. The number of ether oxygens (including phenoxy) is 1. The van der Waals surface area contributed by atoms with Crippen molar-refractivity contribution in [1.29, 1.82) is 0 Å². The standard InChI is InChI=1S/C23H23NO5/c1-4-28-16-7-5-15(6-8-16)20-19-21(26)18-14(3)11-13(2)12-17(18)29-22(19)23(27)24(20)9-10-25/h5-8,11-12,20,25H,4,9-10H2,1-3H3. The van der Waals surface area contributed by atoms with Gasteiger partial charge in [0.05, 0.1) is 30.2 Å². The van der Waals surface area contributed by atoms with E-state index in [1.54, 1.807) is 6.07 Å². The minimum Gasteiger partial charge on any atom is -0.494 e. The quantitative estimate of drug-likeness (QED) is 0.719. The summed E-state index contributed by atoms with van der Waals surface area (Å²) in [4.78, 5) is 28.0. The van der Waals surface area contributed by atoms with Gasteiger partial charge in [-0.15, -0.1) is 0 Å². The number of amides is 1. The van der Waals surface area contributed by atoms with Crippen LogP contribution in [0.4, 0.5) is 0 Å². The molecule has 6 heteroatoms. The summed E-state index contributed by atoms with van der Waals surface area (Å²) in [5.41, 5.74) is 3.08. The van der Waals surface area contributed by atoms with Gasteiger partial charge >= 0.3 is 0 Å². The highest BCUT2D eigenvalue weighted by Crippen LogP contribution is 2.38. The summed E-state index contributed by atoms with van der Waals surface area (Å²) < 4.78 is 11.4. The van der Waals surface area contributed by atoms with Crippen molar-refractivity contribution in [3.63, 3.8) is 0 Å². The molecule has 1 aliphatic heterocycles. The van der Waals surface area contributed by atoms with Gasteiger partial charge in [0, 0.05) is 6.54 Å². The average Bonchev–Trinajstić information content (AvgIpc) is 2.95. The lowest BCUT2D eigenvalue weighted by Gasteiger charge is -2.24. The second-order valence-corrected chi connectivity index (χ2v) is 7.26. The molecule has 1 atom stereocenters. The number of aliphatic hydroxyl groups is 1. The Morgan fingerprint density at radius 3 is 2.52 bits per heavy atom. The Balaban J connectivity index is 1.95. The first-order valence-corrected chi connectivity index (χ1v) is 9.68. The molecule has 0 fully saturated rings. The summed E-state index contributed by atoms with van der Waals surface area (Å²) in [6, 6.07) is 10.4. The minimum atomic E-state index is -0.610. The summed E-state index contributed by atoms with van der Waals surface area (Å²) >= 11 is 0. The highest BCUT2D eigenvalue weighted by molar-refractivity contribution is 5.99. The topological polar surface area (TPSA) is 80.0 Å². The number of rotatable bonds is 5. The van der Waals surface area contributed by atoms with E-state index in [-0.39, 0.29) is 30.2 Å². The van der Waals surface area contributed by atoms with Crippen molar-refractivity contribution in [3.8, 4) is 5.75 Å². The number of nitrogens with zero attached hydrogens (tertiary/aromatic N) is 1. The molecule has 2 heterocycles. The van der Waals surface area contributed by atoms with Gasteiger partial charge in [0.25, 0.3) is 5.91 Å². The lowest BCUT2D eigenvalue weighted by molar-refractivity contribution is 0.0691. The summed E-state index contributed by atoms with van der Waals surface area (Å²) in [6.07, 6.45) is 0. The van der Waals surface area contributed by atoms with Crippen LogP contribution in [0.5, 0.6) is 5.75 Å². The van der Waals surface area contributed by atoms with Gasteiger partial charge in [0.15, 0.2) is 5.43 Å². The molecule has 4 rings (SSSR count). The normalized spacial score (nSPS) is 15.8. The Labute approximate surface area is 168 Å². The van der Waals surface area contributed by atoms with E-state index in [2.05, 4.69) is 0 Å². The Morgan fingerprint density at radius 2 is 1.86 bits per heavy atom. The van der Waals surface area contributed by atoms with Crippen LogP contribution in [0.1, 0.15) is 45.8 Å². The predicted molar refractivity (Wildman–Crippen MR) is 110 cm³/mol.